The molecule has 0 unspecified atom stereocenters. The normalized spacial score (nSPS) is 14.2. The number of nitrogens with zero attached hydrogens (tertiary/aromatic N) is 3. The Labute approximate surface area is 142 Å². The van der Waals surface area contributed by atoms with E-state index in [1.54, 1.807) is 0 Å². The Morgan fingerprint density at radius 3 is 3.00 bits per heavy atom. The van der Waals surface area contributed by atoms with Crippen molar-refractivity contribution in [3.05, 3.63) is 47.5 Å². The van der Waals surface area contributed by atoms with Gasteiger partial charge in [0.15, 0.2) is 0 Å². The van der Waals surface area contributed by atoms with Gasteiger partial charge in [-0.05, 0) is 31.2 Å². The second kappa shape index (κ2) is 7.49. The number of hydrogen-bond acceptors (Lipinski definition) is 4. The van der Waals surface area contributed by atoms with Crippen LogP contribution in [-0.4, -0.2) is 40.1 Å². The molecule has 128 valence electrons. The van der Waals surface area contributed by atoms with Gasteiger partial charge < -0.3 is 14.6 Å². The predicted molar refractivity (Wildman–Crippen MR) is 92.0 cm³/mol. The molecule has 2 heterocycles. The van der Waals surface area contributed by atoms with Crippen LogP contribution in [0.15, 0.2) is 30.5 Å². The molecule has 3 rings (SSSR count). The number of imidazole rings is 1. The van der Waals surface area contributed by atoms with Gasteiger partial charge in [0.25, 0.3) is 5.91 Å². The molecule has 6 heteroatoms. The first kappa shape index (κ1) is 16.5. The fourth-order valence-corrected chi connectivity index (χ4v) is 2.87. The lowest BCUT2D eigenvalue weighted by molar-refractivity contribution is 0.0946. The quantitative estimate of drug-likeness (QED) is 0.882. The van der Waals surface area contributed by atoms with Crippen molar-refractivity contribution in [3.63, 3.8) is 0 Å². The summed E-state index contributed by atoms with van der Waals surface area (Å²) in [5.41, 5.74) is 1.50. The number of benzene rings is 1. The highest BCUT2D eigenvalue weighted by Crippen LogP contribution is 2.14. The number of ether oxygens (including phenoxy) is 1. The topological polar surface area (TPSA) is 59.4 Å². The van der Waals surface area contributed by atoms with E-state index in [1.807, 2.05) is 37.4 Å². The number of carbonyl (C=O) groups excluding carboxylic acids is 1. The average Bonchev–Trinajstić information content (AvgIpc) is 3.03. The Kier molecular flexibility index (Phi) is 5.15. The molecule has 1 amide bonds. The number of fused-ring (bicyclic) bond motifs is 1. The van der Waals surface area contributed by atoms with Crippen LogP contribution in [0.5, 0.6) is 5.75 Å². The zero-order chi connectivity index (χ0) is 16.9. The van der Waals surface area contributed by atoms with Crippen molar-refractivity contribution in [1.29, 1.82) is 0 Å². The van der Waals surface area contributed by atoms with Crippen LogP contribution in [0.4, 0.5) is 0 Å². The molecule has 0 saturated heterocycles. The molecule has 6 nitrogen and oxygen atoms in total. The monoisotopic (exact) mass is 328 g/mol. The van der Waals surface area contributed by atoms with Crippen molar-refractivity contribution in [2.45, 2.75) is 33.5 Å². The summed E-state index contributed by atoms with van der Waals surface area (Å²) >= 11 is 0. The standard InChI is InChI=1S/C18H24N4O2/c1-3-21-8-9-22-12-16(20-17(22)13-21)18(23)19-11-14-6-5-7-15(10-14)24-4-2/h5-7,10,12H,3-4,8-9,11,13H2,1-2H3,(H,19,23). The van der Waals surface area contributed by atoms with Crippen LogP contribution in [0.1, 0.15) is 35.7 Å². The molecule has 0 atom stereocenters. The molecule has 1 aromatic carbocycles. The van der Waals surface area contributed by atoms with E-state index in [2.05, 4.69) is 26.7 Å². The van der Waals surface area contributed by atoms with Crippen molar-refractivity contribution < 1.29 is 9.53 Å². The van der Waals surface area contributed by atoms with Crippen LogP contribution >= 0.6 is 0 Å². The van der Waals surface area contributed by atoms with Gasteiger partial charge in [-0.15, -0.1) is 0 Å². The Hall–Kier alpha value is -2.34. The summed E-state index contributed by atoms with van der Waals surface area (Å²) in [5, 5.41) is 2.93. The summed E-state index contributed by atoms with van der Waals surface area (Å²) in [5.74, 6) is 1.65. The number of carbonyl (C=O) groups is 1. The Balaban J connectivity index is 1.61. The molecule has 0 fully saturated rings. The van der Waals surface area contributed by atoms with Crippen LogP contribution in [0, 0.1) is 0 Å². The van der Waals surface area contributed by atoms with Crippen molar-refractivity contribution >= 4 is 5.91 Å². The highest BCUT2D eigenvalue weighted by atomic mass is 16.5. The summed E-state index contributed by atoms with van der Waals surface area (Å²) in [6.07, 6.45) is 1.86. The largest absolute Gasteiger partial charge is 0.494 e. The number of aromatic nitrogens is 2. The first-order chi connectivity index (χ1) is 11.7. The van der Waals surface area contributed by atoms with Crippen molar-refractivity contribution in [2.24, 2.45) is 0 Å². The predicted octanol–water partition coefficient (Wildman–Crippen LogP) is 2.05. The van der Waals surface area contributed by atoms with E-state index in [0.29, 0.717) is 18.8 Å². The lowest BCUT2D eigenvalue weighted by atomic mass is 10.2. The summed E-state index contributed by atoms with van der Waals surface area (Å²) in [4.78, 5) is 19.2. The van der Waals surface area contributed by atoms with E-state index in [0.717, 1.165) is 43.3 Å². The number of rotatable bonds is 6. The highest BCUT2D eigenvalue weighted by molar-refractivity contribution is 5.92. The fraction of sp³-hybridized carbons (Fsp3) is 0.444. The van der Waals surface area contributed by atoms with Crippen LogP contribution < -0.4 is 10.1 Å². The molecular formula is C18H24N4O2. The van der Waals surface area contributed by atoms with E-state index >= 15 is 0 Å². The zero-order valence-electron chi connectivity index (χ0n) is 14.3. The van der Waals surface area contributed by atoms with Gasteiger partial charge in [0.05, 0.1) is 13.2 Å². The maximum absolute atomic E-state index is 12.4. The van der Waals surface area contributed by atoms with E-state index in [1.165, 1.54) is 0 Å². The molecule has 0 bridgehead atoms. The smallest absolute Gasteiger partial charge is 0.271 e. The molecule has 2 aromatic rings. The molecule has 0 aliphatic carbocycles. The Morgan fingerprint density at radius 1 is 1.33 bits per heavy atom. The second-order valence-corrected chi connectivity index (χ2v) is 5.87. The first-order valence-corrected chi connectivity index (χ1v) is 8.48. The van der Waals surface area contributed by atoms with Gasteiger partial charge in [0, 0.05) is 25.8 Å². The molecule has 1 aliphatic rings. The van der Waals surface area contributed by atoms with Gasteiger partial charge in [-0.1, -0.05) is 19.1 Å². The van der Waals surface area contributed by atoms with Gasteiger partial charge in [-0.25, -0.2) is 4.98 Å². The maximum Gasteiger partial charge on any atom is 0.271 e. The van der Waals surface area contributed by atoms with Gasteiger partial charge in [0.2, 0.25) is 0 Å². The number of amides is 1. The van der Waals surface area contributed by atoms with E-state index in [9.17, 15) is 4.79 Å². The second-order valence-electron chi connectivity index (χ2n) is 5.87. The minimum atomic E-state index is -0.137. The van der Waals surface area contributed by atoms with E-state index in [4.69, 9.17) is 4.74 Å². The van der Waals surface area contributed by atoms with Crippen LogP contribution in [0.2, 0.25) is 0 Å². The van der Waals surface area contributed by atoms with Crippen LogP contribution in [-0.2, 0) is 19.6 Å². The Morgan fingerprint density at radius 2 is 2.21 bits per heavy atom. The third-order valence-electron chi connectivity index (χ3n) is 4.22. The third kappa shape index (κ3) is 3.76. The zero-order valence-corrected chi connectivity index (χ0v) is 14.3. The van der Waals surface area contributed by atoms with Gasteiger partial charge in [0.1, 0.15) is 17.3 Å². The lowest BCUT2D eigenvalue weighted by Crippen LogP contribution is -2.33. The third-order valence-corrected chi connectivity index (χ3v) is 4.22. The fourth-order valence-electron chi connectivity index (χ4n) is 2.87. The minimum Gasteiger partial charge on any atom is -0.494 e. The van der Waals surface area contributed by atoms with Gasteiger partial charge >= 0.3 is 0 Å². The summed E-state index contributed by atoms with van der Waals surface area (Å²) in [6, 6.07) is 7.76. The SMILES string of the molecule is CCOc1cccc(CNC(=O)c2cn3c(n2)CN(CC)CC3)c1. The first-order valence-electron chi connectivity index (χ1n) is 8.48. The van der Waals surface area contributed by atoms with E-state index < -0.39 is 0 Å². The summed E-state index contributed by atoms with van der Waals surface area (Å²) in [7, 11) is 0. The highest BCUT2D eigenvalue weighted by Gasteiger charge is 2.19. The average molecular weight is 328 g/mol. The molecule has 1 N–H and O–H groups in total. The van der Waals surface area contributed by atoms with E-state index in [-0.39, 0.29) is 5.91 Å². The Bertz CT molecular complexity index is 711. The number of nitrogens with one attached hydrogen (secondary N) is 1. The molecule has 0 spiro atoms. The van der Waals surface area contributed by atoms with Crippen molar-refractivity contribution in [2.75, 3.05) is 19.7 Å². The summed E-state index contributed by atoms with van der Waals surface area (Å²) in [6.45, 7) is 8.89. The number of likely N-dealkylation sites (N-methyl/N-ethyl adjacent to an activating group) is 1. The lowest BCUT2D eigenvalue weighted by Gasteiger charge is -2.25. The van der Waals surface area contributed by atoms with Gasteiger partial charge in [-0.3, -0.25) is 9.69 Å². The molecule has 1 aromatic heterocycles. The minimum absolute atomic E-state index is 0.137. The summed E-state index contributed by atoms with van der Waals surface area (Å²) < 4.78 is 7.56. The molecule has 1 aliphatic heterocycles. The van der Waals surface area contributed by atoms with Crippen molar-refractivity contribution in [3.8, 4) is 5.75 Å². The van der Waals surface area contributed by atoms with Crippen molar-refractivity contribution in [1.82, 2.24) is 19.8 Å². The molecule has 24 heavy (non-hydrogen) atoms. The maximum atomic E-state index is 12.4. The van der Waals surface area contributed by atoms with Crippen LogP contribution in [0.25, 0.3) is 0 Å². The van der Waals surface area contributed by atoms with Gasteiger partial charge in [-0.2, -0.15) is 0 Å². The molecule has 0 saturated carbocycles. The molecule has 0 radical (unpaired) electrons. The number of hydrogen-bond donors (Lipinski definition) is 1. The van der Waals surface area contributed by atoms with Crippen LogP contribution in [0.3, 0.4) is 0 Å². The molecular weight excluding hydrogens is 304 g/mol.